The van der Waals surface area contributed by atoms with Gasteiger partial charge in [0.05, 0.1) is 11.1 Å². The molecule has 2 aromatic heterocycles. The van der Waals surface area contributed by atoms with Crippen LogP contribution in [-0.2, 0) is 0 Å². The van der Waals surface area contributed by atoms with E-state index in [9.17, 15) is 9.18 Å². The normalized spacial score (nSPS) is 10.2. The smallest absolute Gasteiger partial charge is 0.286 e. The zero-order valence-electron chi connectivity index (χ0n) is 13.5. The highest BCUT2D eigenvalue weighted by Crippen LogP contribution is 2.36. The number of pyridine rings is 1. The number of aryl methyl sites for hydroxylation is 1. The Hall–Kier alpha value is -2.60. The molecule has 0 saturated heterocycles. The van der Waals surface area contributed by atoms with Crippen molar-refractivity contribution in [2.45, 2.75) is 20.8 Å². The van der Waals surface area contributed by atoms with Gasteiger partial charge in [-0.05, 0) is 24.6 Å². The molecule has 1 aromatic carbocycles. The van der Waals surface area contributed by atoms with Crippen LogP contribution in [0.15, 0.2) is 35.0 Å². The van der Waals surface area contributed by atoms with E-state index in [1.165, 1.54) is 18.5 Å². The van der Waals surface area contributed by atoms with Crippen molar-refractivity contribution in [3.05, 3.63) is 52.8 Å². The Balaban J connectivity index is 0.00000100. The van der Waals surface area contributed by atoms with Crippen LogP contribution in [0.5, 0.6) is 0 Å². The van der Waals surface area contributed by atoms with Crippen molar-refractivity contribution in [1.82, 2.24) is 4.98 Å². The first-order valence-electron chi connectivity index (χ1n) is 7.36. The lowest BCUT2D eigenvalue weighted by Crippen LogP contribution is -2.11. The molecule has 0 bridgehead atoms. The standard InChI is InChI=1S/C15H11ClFN3O2.C2H6/c1-7-2-3-11(10(17)4-7)20-12-8-5-19-6-9(16)13(8)22-14(12)15(18)21;1-2/h2-6,20H,1H3,(H2,18,21);1-2H3. The maximum Gasteiger partial charge on any atom is 0.286 e. The van der Waals surface area contributed by atoms with Crippen LogP contribution in [0.2, 0.25) is 5.02 Å². The van der Waals surface area contributed by atoms with Crippen molar-refractivity contribution in [2.24, 2.45) is 5.73 Å². The molecule has 0 fully saturated rings. The molecule has 3 aromatic rings. The Morgan fingerprint density at radius 3 is 2.67 bits per heavy atom. The van der Waals surface area contributed by atoms with Crippen molar-refractivity contribution in [2.75, 3.05) is 5.32 Å². The van der Waals surface area contributed by atoms with E-state index < -0.39 is 11.7 Å². The predicted octanol–water partition coefficient (Wildman–Crippen LogP) is 4.80. The van der Waals surface area contributed by atoms with Crippen LogP contribution in [0.3, 0.4) is 0 Å². The number of hydrogen-bond acceptors (Lipinski definition) is 4. The molecule has 7 heteroatoms. The molecular weight excluding hydrogens is 333 g/mol. The summed E-state index contributed by atoms with van der Waals surface area (Å²) in [5, 5.41) is 3.51. The van der Waals surface area contributed by atoms with Crippen LogP contribution in [0.25, 0.3) is 11.0 Å². The summed E-state index contributed by atoms with van der Waals surface area (Å²) in [5.41, 5.74) is 6.78. The van der Waals surface area contributed by atoms with E-state index >= 15 is 0 Å². The van der Waals surface area contributed by atoms with Crippen LogP contribution < -0.4 is 11.1 Å². The molecule has 3 rings (SSSR count). The zero-order chi connectivity index (χ0) is 17.9. The minimum atomic E-state index is -0.790. The van der Waals surface area contributed by atoms with Crippen molar-refractivity contribution in [3.8, 4) is 0 Å². The predicted molar refractivity (Wildman–Crippen MR) is 93.3 cm³/mol. The summed E-state index contributed by atoms with van der Waals surface area (Å²) < 4.78 is 19.4. The molecule has 126 valence electrons. The molecule has 0 radical (unpaired) electrons. The number of hydrogen-bond donors (Lipinski definition) is 2. The average molecular weight is 350 g/mol. The van der Waals surface area contributed by atoms with Crippen LogP contribution in [0.4, 0.5) is 15.8 Å². The van der Waals surface area contributed by atoms with Crippen LogP contribution in [0, 0.1) is 12.7 Å². The monoisotopic (exact) mass is 349 g/mol. The van der Waals surface area contributed by atoms with Crippen molar-refractivity contribution in [3.63, 3.8) is 0 Å². The fraction of sp³-hybridized carbons (Fsp3) is 0.176. The number of primary amides is 1. The van der Waals surface area contributed by atoms with Crippen LogP contribution >= 0.6 is 11.6 Å². The van der Waals surface area contributed by atoms with E-state index in [1.54, 1.807) is 19.1 Å². The molecule has 5 nitrogen and oxygen atoms in total. The molecular formula is C17H17ClFN3O2. The number of nitrogens with zero attached hydrogens (tertiary/aromatic N) is 1. The third kappa shape index (κ3) is 3.33. The van der Waals surface area contributed by atoms with E-state index in [-0.39, 0.29) is 27.7 Å². The largest absolute Gasteiger partial charge is 0.447 e. The van der Waals surface area contributed by atoms with Gasteiger partial charge in [-0.1, -0.05) is 31.5 Å². The van der Waals surface area contributed by atoms with Crippen molar-refractivity contribution in [1.29, 1.82) is 0 Å². The fourth-order valence-electron chi connectivity index (χ4n) is 2.13. The summed E-state index contributed by atoms with van der Waals surface area (Å²) in [6.45, 7) is 5.78. The number of rotatable bonds is 3. The summed E-state index contributed by atoms with van der Waals surface area (Å²) >= 11 is 5.99. The molecule has 0 atom stereocenters. The number of nitrogens with one attached hydrogen (secondary N) is 1. The van der Waals surface area contributed by atoms with E-state index in [4.69, 9.17) is 21.8 Å². The second-order valence-electron chi connectivity index (χ2n) is 4.78. The number of nitrogens with two attached hydrogens (primary N) is 1. The highest BCUT2D eigenvalue weighted by atomic mass is 35.5. The number of carbonyl (C=O) groups excluding carboxylic acids is 1. The molecule has 2 heterocycles. The second kappa shape index (κ2) is 7.31. The van der Waals surface area contributed by atoms with Crippen molar-refractivity contribution >= 4 is 39.9 Å². The highest BCUT2D eigenvalue weighted by Gasteiger charge is 2.21. The third-order valence-electron chi connectivity index (χ3n) is 3.16. The molecule has 0 aliphatic carbocycles. The first-order chi connectivity index (χ1) is 11.5. The minimum absolute atomic E-state index is 0.134. The Morgan fingerprint density at radius 1 is 1.33 bits per heavy atom. The summed E-state index contributed by atoms with van der Waals surface area (Å²) in [4.78, 5) is 15.5. The molecule has 0 aliphatic heterocycles. The lowest BCUT2D eigenvalue weighted by atomic mass is 10.2. The Bertz CT molecular complexity index is 893. The molecule has 0 aliphatic rings. The van der Waals surface area contributed by atoms with Crippen LogP contribution in [-0.4, -0.2) is 10.9 Å². The summed E-state index contributed by atoms with van der Waals surface area (Å²) in [6, 6.07) is 4.68. The number of furan rings is 1. The molecule has 1 amide bonds. The summed E-state index contributed by atoms with van der Waals surface area (Å²) in [6.07, 6.45) is 2.85. The van der Waals surface area contributed by atoms with E-state index in [2.05, 4.69) is 10.3 Å². The average Bonchev–Trinajstić information content (AvgIpc) is 2.92. The Kier molecular flexibility index (Phi) is 5.41. The second-order valence-corrected chi connectivity index (χ2v) is 5.18. The van der Waals surface area contributed by atoms with E-state index in [1.807, 2.05) is 13.8 Å². The van der Waals surface area contributed by atoms with Gasteiger partial charge in [0.2, 0.25) is 5.76 Å². The maximum absolute atomic E-state index is 14.0. The number of carbonyl (C=O) groups is 1. The fourth-order valence-corrected chi connectivity index (χ4v) is 2.33. The molecule has 3 N–H and O–H groups in total. The molecule has 0 spiro atoms. The quantitative estimate of drug-likeness (QED) is 0.711. The zero-order valence-corrected chi connectivity index (χ0v) is 14.2. The van der Waals surface area contributed by atoms with Crippen molar-refractivity contribution < 1.29 is 13.6 Å². The van der Waals surface area contributed by atoms with Gasteiger partial charge in [-0.3, -0.25) is 9.78 Å². The number of benzene rings is 1. The first kappa shape index (κ1) is 17.7. The van der Waals surface area contributed by atoms with Gasteiger partial charge in [-0.2, -0.15) is 0 Å². The number of amides is 1. The van der Waals surface area contributed by atoms with E-state index in [0.717, 1.165) is 5.56 Å². The highest BCUT2D eigenvalue weighted by molar-refractivity contribution is 6.35. The molecule has 0 saturated carbocycles. The molecule has 24 heavy (non-hydrogen) atoms. The maximum atomic E-state index is 14.0. The van der Waals surface area contributed by atoms with Gasteiger partial charge in [-0.25, -0.2) is 4.39 Å². The van der Waals surface area contributed by atoms with Gasteiger partial charge >= 0.3 is 0 Å². The SMILES string of the molecule is CC.Cc1ccc(Nc2c(C(N)=O)oc3c(Cl)cncc23)c(F)c1. The lowest BCUT2D eigenvalue weighted by molar-refractivity contribution is 0.0977. The topological polar surface area (TPSA) is 81.1 Å². The first-order valence-corrected chi connectivity index (χ1v) is 7.74. The van der Waals surface area contributed by atoms with E-state index in [0.29, 0.717) is 5.39 Å². The van der Waals surface area contributed by atoms with Gasteiger partial charge in [0.15, 0.2) is 5.58 Å². The number of anilines is 2. The Labute approximate surface area is 143 Å². The van der Waals surface area contributed by atoms with Crippen LogP contribution in [0.1, 0.15) is 30.0 Å². The Morgan fingerprint density at radius 2 is 2.04 bits per heavy atom. The molecule has 0 unspecified atom stereocenters. The number of halogens is 2. The van der Waals surface area contributed by atoms with Gasteiger partial charge in [0, 0.05) is 12.4 Å². The summed E-state index contributed by atoms with van der Waals surface area (Å²) in [5.74, 6) is -1.38. The summed E-state index contributed by atoms with van der Waals surface area (Å²) in [7, 11) is 0. The van der Waals surface area contributed by atoms with Gasteiger partial charge in [0.25, 0.3) is 5.91 Å². The van der Waals surface area contributed by atoms with Gasteiger partial charge in [0.1, 0.15) is 16.5 Å². The minimum Gasteiger partial charge on any atom is -0.447 e. The number of fused-ring (bicyclic) bond motifs is 1. The lowest BCUT2D eigenvalue weighted by Gasteiger charge is -2.07. The van der Waals surface area contributed by atoms with Gasteiger partial charge in [-0.15, -0.1) is 0 Å². The number of aromatic nitrogens is 1. The third-order valence-corrected chi connectivity index (χ3v) is 3.43. The van der Waals surface area contributed by atoms with Gasteiger partial charge < -0.3 is 15.5 Å².